The number of aliphatic carboxylic acids is 1. The zero-order chi connectivity index (χ0) is 32.9. The van der Waals surface area contributed by atoms with Crippen molar-refractivity contribution >= 4 is 22.5 Å². The Kier molecular flexibility index (Phi) is 8.78. The van der Waals surface area contributed by atoms with Crippen LogP contribution in [0.15, 0.2) is 156 Å². The third kappa shape index (κ3) is 6.46. The molecule has 7 rings (SSSR count). The van der Waals surface area contributed by atoms with Crippen LogP contribution in [0.1, 0.15) is 34.4 Å². The summed E-state index contributed by atoms with van der Waals surface area (Å²) in [7, 11) is 1.67. The van der Waals surface area contributed by atoms with Crippen LogP contribution >= 0.6 is 0 Å². The zero-order valence-corrected chi connectivity index (χ0v) is 26.7. The molecule has 5 aromatic carbocycles. The third-order valence-corrected chi connectivity index (χ3v) is 8.97. The highest BCUT2D eigenvalue weighted by Crippen LogP contribution is 2.45. The number of rotatable bonds is 11. The average molecular weight is 633 g/mol. The first-order chi connectivity index (χ1) is 23.5. The molecular weight excluding hydrogens is 596 g/mol. The first-order valence-corrected chi connectivity index (χ1v) is 16.1. The van der Waals surface area contributed by atoms with Crippen LogP contribution in [-0.2, 0) is 28.0 Å². The minimum absolute atomic E-state index is 0.232. The summed E-state index contributed by atoms with van der Waals surface area (Å²) in [5, 5.41) is 11.4. The van der Waals surface area contributed by atoms with E-state index in [2.05, 4.69) is 60.7 Å². The van der Waals surface area contributed by atoms with Crippen LogP contribution in [0.2, 0.25) is 0 Å². The van der Waals surface area contributed by atoms with Gasteiger partial charge in [-0.3, -0.25) is 0 Å². The predicted molar refractivity (Wildman–Crippen MR) is 190 cm³/mol. The first-order valence-electron chi connectivity index (χ1n) is 16.1. The molecule has 0 saturated heterocycles. The first kappa shape index (κ1) is 31.0. The van der Waals surface area contributed by atoms with Crippen molar-refractivity contribution < 1.29 is 23.8 Å². The normalized spacial score (nSPS) is 16.4. The molecule has 238 valence electrons. The maximum Gasteiger partial charge on any atom is 0.333 e. The van der Waals surface area contributed by atoms with Crippen LogP contribution in [0.4, 0.5) is 0 Å². The van der Waals surface area contributed by atoms with E-state index in [0.717, 1.165) is 61.4 Å². The molecule has 1 aromatic heterocycles. The van der Waals surface area contributed by atoms with Gasteiger partial charge in [0.1, 0.15) is 22.7 Å². The van der Waals surface area contributed by atoms with Gasteiger partial charge in [-0.05, 0) is 63.7 Å². The maximum atomic E-state index is 12.8. The maximum absolute atomic E-state index is 12.8. The number of allylic oxidation sites excluding steroid dienone is 2. The molecule has 5 nitrogen and oxygen atoms in total. The van der Waals surface area contributed by atoms with Gasteiger partial charge in [0.05, 0.1) is 7.11 Å². The molecule has 0 spiro atoms. The van der Waals surface area contributed by atoms with E-state index >= 15 is 0 Å². The van der Waals surface area contributed by atoms with Crippen LogP contribution in [0.25, 0.3) is 27.7 Å². The summed E-state index contributed by atoms with van der Waals surface area (Å²) in [4.78, 5) is 12.8. The van der Waals surface area contributed by atoms with Crippen molar-refractivity contribution in [1.82, 2.24) is 0 Å². The van der Waals surface area contributed by atoms with Gasteiger partial charge < -0.3 is 19.0 Å². The fourth-order valence-electron chi connectivity index (χ4n) is 6.56. The molecule has 2 atom stereocenters. The summed E-state index contributed by atoms with van der Waals surface area (Å²) in [6.07, 6.45) is 6.36. The molecule has 5 heteroatoms. The summed E-state index contributed by atoms with van der Waals surface area (Å²) >= 11 is 0. The van der Waals surface area contributed by atoms with Gasteiger partial charge in [-0.15, -0.1) is 0 Å². The van der Waals surface area contributed by atoms with Gasteiger partial charge >= 0.3 is 5.97 Å². The summed E-state index contributed by atoms with van der Waals surface area (Å²) in [5.41, 5.74) is 6.79. The fraction of sp³-hybridized carbons (Fsp3) is 0.140. The molecular formula is C43H36O5. The second-order valence-electron chi connectivity index (χ2n) is 12.1. The molecule has 1 unspecified atom stereocenters. The SMILES string of the molecule is COc1ccc(-c2cccc(C3=CCC(O[C@@H](Cc4ccccc4)C(=O)O)(c4c(Cc5ccccc5)oc5ccccc45)C=C3)c2)cc1. The Morgan fingerprint density at radius 1 is 0.792 bits per heavy atom. The van der Waals surface area contributed by atoms with Gasteiger partial charge in [-0.25, -0.2) is 4.79 Å². The fourth-order valence-corrected chi connectivity index (χ4v) is 6.56. The minimum atomic E-state index is -1.09. The molecule has 0 aliphatic heterocycles. The lowest BCUT2D eigenvalue weighted by Crippen LogP contribution is -2.39. The Morgan fingerprint density at radius 2 is 1.48 bits per heavy atom. The van der Waals surface area contributed by atoms with Gasteiger partial charge in [0, 0.05) is 30.2 Å². The van der Waals surface area contributed by atoms with E-state index in [0.29, 0.717) is 12.8 Å². The van der Waals surface area contributed by atoms with Crippen LogP contribution in [0, 0.1) is 0 Å². The van der Waals surface area contributed by atoms with Gasteiger partial charge in [0.15, 0.2) is 6.10 Å². The minimum Gasteiger partial charge on any atom is -0.497 e. The highest BCUT2D eigenvalue weighted by molar-refractivity contribution is 5.86. The number of para-hydroxylation sites is 1. The van der Waals surface area contributed by atoms with Crippen molar-refractivity contribution in [3.63, 3.8) is 0 Å². The van der Waals surface area contributed by atoms with Crippen molar-refractivity contribution in [3.05, 3.63) is 180 Å². The van der Waals surface area contributed by atoms with Crippen molar-refractivity contribution in [2.24, 2.45) is 0 Å². The molecule has 6 aromatic rings. The monoisotopic (exact) mass is 632 g/mol. The van der Waals surface area contributed by atoms with E-state index in [1.807, 2.05) is 91.0 Å². The summed E-state index contributed by atoms with van der Waals surface area (Å²) in [6, 6.07) is 44.2. The zero-order valence-electron chi connectivity index (χ0n) is 26.7. The Morgan fingerprint density at radius 3 is 2.17 bits per heavy atom. The van der Waals surface area contributed by atoms with Crippen molar-refractivity contribution in [2.75, 3.05) is 7.11 Å². The van der Waals surface area contributed by atoms with Gasteiger partial charge in [0.2, 0.25) is 0 Å². The van der Waals surface area contributed by atoms with E-state index in [4.69, 9.17) is 13.9 Å². The van der Waals surface area contributed by atoms with Gasteiger partial charge in [0.25, 0.3) is 0 Å². The number of hydrogen-bond acceptors (Lipinski definition) is 4. The van der Waals surface area contributed by atoms with E-state index in [9.17, 15) is 9.90 Å². The Bertz CT molecular complexity index is 2090. The number of benzene rings is 5. The van der Waals surface area contributed by atoms with E-state index < -0.39 is 17.7 Å². The molecule has 1 aliphatic carbocycles. The summed E-state index contributed by atoms with van der Waals surface area (Å²) < 4.78 is 18.8. The molecule has 0 radical (unpaired) electrons. The highest BCUT2D eigenvalue weighted by atomic mass is 16.5. The lowest BCUT2D eigenvalue weighted by atomic mass is 9.81. The van der Waals surface area contributed by atoms with Crippen molar-refractivity contribution in [2.45, 2.75) is 31.0 Å². The van der Waals surface area contributed by atoms with Crippen LogP contribution < -0.4 is 4.74 Å². The molecule has 1 N–H and O–H groups in total. The molecule has 1 aliphatic rings. The van der Waals surface area contributed by atoms with Crippen LogP contribution in [0.5, 0.6) is 5.75 Å². The van der Waals surface area contributed by atoms with E-state index in [1.54, 1.807) is 7.11 Å². The molecule has 0 saturated carbocycles. The quantitative estimate of drug-likeness (QED) is 0.154. The second kappa shape index (κ2) is 13.6. The number of methoxy groups -OCH3 is 1. The van der Waals surface area contributed by atoms with Crippen molar-refractivity contribution in [1.29, 1.82) is 0 Å². The number of ether oxygens (including phenoxy) is 2. The smallest absolute Gasteiger partial charge is 0.333 e. The largest absolute Gasteiger partial charge is 0.497 e. The third-order valence-electron chi connectivity index (χ3n) is 8.97. The lowest BCUT2D eigenvalue weighted by Gasteiger charge is -2.36. The molecule has 0 bridgehead atoms. The molecule has 0 amide bonds. The summed E-state index contributed by atoms with van der Waals surface area (Å²) in [6.45, 7) is 0. The molecule has 1 heterocycles. The number of carboxylic acids is 1. The number of fused-ring (bicyclic) bond motifs is 1. The second-order valence-corrected chi connectivity index (χ2v) is 12.1. The number of hydrogen-bond donors (Lipinski definition) is 1. The van der Waals surface area contributed by atoms with E-state index in [-0.39, 0.29) is 6.42 Å². The van der Waals surface area contributed by atoms with E-state index in [1.165, 1.54) is 0 Å². The number of carbonyl (C=O) groups is 1. The predicted octanol–water partition coefficient (Wildman–Crippen LogP) is 9.65. The number of carboxylic acid groups (broad SMARTS) is 1. The van der Waals surface area contributed by atoms with Gasteiger partial charge in [-0.2, -0.15) is 0 Å². The highest BCUT2D eigenvalue weighted by Gasteiger charge is 2.41. The Balaban J connectivity index is 1.31. The average Bonchev–Trinajstić information content (AvgIpc) is 3.51. The van der Waals surface area contributed by atoms with Gasteiger partial charge in [-0.1, -0.05) is 121 Å². The summed E-state index contributed by atoms with van der Waals surface area (Å²) in [5.74, 6) is 0.565. The van der Waals surface area contributed by atoms with Crippen LogP contribution in [-0.4, -0.2) is 24.3 Å². The molecule has 0 fully saturated rings. The van der Waals surface area contributed by atoms with Crippen LogP contribution in [0.3, 0.4) is 0 Å². The van der Waals surface area contributed by atoms with Crippen molar-refractivity contribution in [3.8, 4) is 16.9 Å². The number of furan rings is 1. The Labute approximate surface area is 280 Å². The Hall–Kier alpha value is -5.65. The molecule has 48 heavy (non-hydrogen) atoms. The topological polar surface area (TPSA) is 68.9 Å². The lowest BCUT2D eigenvalue weighted by molar-refractivity contribution is -0.160. The standard InChI is InChI=1S/C43H36O5/c1-46-36-21-19-32(20-22-36)34-15-10-16-35(29-34)33-23-25-43(26-24-33,48-40(42(44)45)28-31-13-6-3-7-14-31)41-37-17-8-9-18-38(37)47-39(41)27-30-11-4-2-5-12-30/h2-25,29,40H,26-28H2,1H3,(H,44,45)/t40-,43?/m0/s1.